The van der Waals surface area contributed by atoms with Crippen LogP contribution >= 0.6 is 11.3 Å². The first-order valence-corrected chi connectivity index (χ1v) is 11.5. The topological polar surface area (TPSA) is 82.4 Å². The second-order valence-electron chi connectivity index (χ2n) is 7.69. The lowest BCUT2D eigenvalue weighted by atomic mass is 10.1. The summed E-state index contributed by atoms with van der Waals surface area (Å²) in [4.78, 5) is 27.1. The van der Waals surface area contributed by atoms with E-state index in [4.69, 9.17) is 4.74 Å². The first-order valence-electron chi connectivity index (χ1n) is 10.7. The second-order valence-corrected chi connectivity index (χ2v) is 8.64. The molecule has 0 atom stereocenters. The summed E-state index contributed by atoms with van der Waals surface area (Å²) in [5, 5.41) is 10.2. The lowest BCUT2D eigenvalue weighted by Gasteiger charge is -2.34. The molecule has 1 fully saturated rings. The van der Waals surface area contributed by atoms with Gasteiger partial charge in [-0.15, -0.1) is 0 Å². The van der Waals surface area contributed by atoms with Crippen LogP contribution in [-0.4, -0.2) is 47.0 Å². The van der Waals surface area contributed by atoms with E-state index in [1.165, 1.54) is 0 Å². The fourth-order valence-corrected chi connectivity index (χ4v) is 4.77. The maximum absolute atomic E-state index is 13.1. The molecule has 0 N–H and O–H groups in total. The third-order valence-corrected chi connectivity index (χ3v) is 6.65. The van der Waals surface area contributed by atoms with Crippen molar-refractivity contribution in [2.24, 2.45) is 0 Å². The Kier molecular flexibility index (Phi) is 5.87. The van der Waals surface area contributed by atoms with Gasteiger partial charge in [-0.25, -0.2) is 9.97 Å². The Morgan fingerprint density at radius 2 is 1.91 bits per heavy atom. The van der Waals surface area contributed by atoms with Crippen molar-refractivity contribution in [2.75, 3.05) is 31.1 Å². The summed E-state index contributed by atoms with van der Waals surface area (Å²) >= 11 is 1.58. The third-order valence-electron chi connectivity index (χ3n) is 5.61. The van der Waals surface area contributed by atoms with Gasteiger partial charge in [-0.05, 0) is 36.4 Å². The molecule has 0 saturated carbocycles. The van der Waals surface area contributed by atoms with E-state index in [-0.39, 0.29) is 12.5 Å². The monoisotopic (exact) mass is 455 g/mol. The van der Waals surface area contributed by atoms with E-state index in [9.17, 15) is 10.1 Å². The standard InChI is InChI=1S/C25H21N5O2S/c26-16-19-5-1-2-6-20(19)17-32-21-8-3-7-18(15-21)24(31)29-11-13-30(14-12-29)25-28-22-9-4-10-27-23(22)33-25/h1-10,15H,11-14,17H2. The highest BCUT2D eigenvalue weighted by atomic mass is 32.1. The van der Waals surface area contributed by atoms with Gasteiger partial charge in [0.15, 0.2) is 5.13 Å². The van der Waals surface area contributed by atoms with Crippen LogP contribution in [0.25, 0.3) is 10.3 Å². The fourth-order valence-electron chi connectivity index (χ4n) is 3.81. The molecule has 0 unspecified atom stereocenters. The highest BCUT2D eigenvalue weighted by molar-refractivity contribution is 7.21. The summed E-state index contributed by atoms with van der Waals surface area (Å²) in [5.41, 5.74) is 2.91. The van der Waals surface area contributed by atoms with Crippen molar-refractivity contribution in [3.8, 4) is 11.8 Å². The fraction of sp³-hybridized carbons (Fsp3) is 0.200. The maximum atomic E-state index is 13.1. The summed E-state index contributed by atoms with van der Waals surface area (Å²) in [6, 6.07) is 20.6. The van der Waals surface area contributed by atoms with Crippen LogP contribution in [0.3, 0.4) is 0 Å². The molecule has 1 amide bonds. The van der Waals surface area contributed by atoms with E-state index in [0.29, 0.717) is 30.0 Å². The third kappa shape index (κ3) is 4.49. The van der Waals surface area contributed by atoms with Crippen LogP contribution in [0.5, 0.6) is 5.75 Å². The first kappa shape index (κ1) is 20.9. The highest BCUT2D eigenvalue weighted by Crippen LogP contribution is 2.28. The lowest BCUT2D eigenvalue weighted by molar-refractivity contribution is 0.0746. The number of pyridine rings is 1. The number of anilines is 1. The predicted octanol–water partition coefficient (Wildman–Crippen LogP) is 4.10. The molecule has 0 spiro atoms. The Morgan fingerprint density at radius 1 is 1.06 bits per heavy atom. The number of carbonyl (C=O) groups excluding carboxylic acids is 1. The van der Waals surface area contributed by atoms with E-state index >= 15 is 0 Å². The predicted molar refractivity (Wildman–Crippen MR) is 127 cm³/mol. The molecule has 7 nitrogen and oxygen atoms in total. The van der Waals surface area contributed by atoms with Gasteiger partial charge >= 0.3 is 0 Å². The van der Waals surface area contributed by atoms with Gasteiger partial charge in [-0.2, -0.15) is 5.26 Å². The highest BCUT2D eigenvalue weighted by Gasteiger charge is 2.24. The summed E-state index contributed by atoms with van der Waals surface area (Å²) in [6.45, 7) is 2.99. The van der Waals surface area contributed by atoms with Crippen LogP contribution in [0.2, 0.25) is 0 Å². The number of rotatable bonds is 5. The summed E-state index contributed by atoms with van der Waals surface area (Å²) in [6.07, 6.45) is 1.78. The van der Waals surface area contributed by atoms with Crippen molar-refractivity contribution < 1.29 is 9.53 Å². The van der Waals surface area contributed by atoms with Gasteiger partial charge < -0.3 is 14.5 Å². The zero-order chi connectivity index (χ0) is 22.6. The van der Waals surface area contributed by atoms with Crippen LogP contribution in [0.15, 0.2) is 66.9 Å². The summed E-state index contributed by atoms with van der Waals surface area (Å²) in [5.74, 6) is 0.595. The van der Waals surface area contributed by atoms with Gasteiger partial charge in [-0.1, -0.05) is 35.6 Å². The molecule has 1 aliphatic rings. The number of nitriles is 1. The number of aromatic nitrogens is 2. The van der Waals surface area contributed by atoms with Crippen LogP contribution in [0.4, 0.5) is 5.13 Å². The Bertz CT molecular complexity index is 1300. The molecule has 5 rings (SSSR count). The molecule has 2 aromatic heterocycles. The molecule has 3 heterocycles. The number of hydrogen-bond donors (Lipinski definition) is 0. The molecule has 33 heavy (non-hydrogen) atoms. The van der Waals surface area contributed by atoms with Crippen molar-refractivity contribution >= 4 is 32.7 Å². The number of piperazine rings is 1. The number of fused-ring (bicyclic) bond motifs is 1. The zero-order valence-electron chi connectivity index (χ0n) is 17.8. The van der Waals surface area contributed by atoms with Crippen LogP contribution in [0.1, 0.15) is 21.5 Å². The molecule has 2 aromatic carbocycles. The van der Waals surface area contributed by atoms with E-state index in [1.807, 2.05) is 53.4 Å². The van der Waals surface area contributed by atoms with E-state index < -0.39 is 0 Å². The Morgan fingerprint density at radius 3 is 2.73 bits per heavy atom. The first-order chi connectivity index (χ1) is 16.2. The van der Waals surface area contributed by atoms with Crippen molar-refractivity contribution in [3.63, 3.8) is 0 Å². The average molecular weight is 456 g/mol. The minimum atomic E-state index is -0.0107. The van der Waals surface area contributed by atoms with Gasteiger partial charge in [0.1, 0.15) is 22.7 Å². The van der Waals surface area contributed by atoms with Crippen LogP contribution < -0.4 is 9.64 Å². The quantitative estimate of drug-likeness (QED) is 0.451. The minimum absolute atomic E-state index is 0.0107. The number of benzene rings is 2. The molecule has 0 bridgehead atoms. The second kappa shape index (κ2) is 9.27. The molecular formula is C25H21N5O2S. The molecule has 1 aliphatic heterocycles. The minimum Gasteiger partial charge on any atom is -0.489 e. The van der Waals surface area contributed by atoms with Gasteiger partial charge in [-0.3, -0.25) is 4.79 Å². The molecular weight excluding hydrogens is 434 g/mol. The van der Waals surface area contributed by atoms with Crippen LogP contribution in [0, 0.1) is 11.3 Å². The van der Waals surface area contributed by atoms with E-state index in [2.05, 4.69) is 20.9 Å². The lowest BCUT2D eigenvalue weighted by Crippen LogP contribution is -2.48. The SMILES string of the molecule is N#Cc1ccccc1COc1cccc(C(=O)N2CCN(c3nc4cccnc4s3)CC2)c1. The van der Waals surface area contributed by atoms with E-state index in [0.717, 1.165) is 34.1 Å². The molecule has 164 valence electrons. The van der Waals surface area contributed by atoms with E-state index in [1.54, 1.807) is 29.7 Å². The molecule has 0 radical (unpaired) electrons. The number of nitrogens with zero attached hydrogens (tertiary/aromatic N) is 5. The number of amides is 1. The molecule has 1 saturated heterocycles. The Labute approximate surface area is 195 Å². The van der Waals surface area contributed by atoms with Crippen molar-refractivity contribution in [3.05, 3.63) is 83.6 Å². The summed E-state index contributed by atoms with van der Waals surface area (Å²) in [7, 11) is 0. The molecule has 8 heteroatoms. The molecule has 4 aromatic rings. The van der Waals surface area contributed by atoms with Gasteiger partial charge in [0.25, 0.3) is 5.91 Å². The number of ether oxygens (including phenoxy) is 1. The number of thiazole rings is 1. The van der Waals surface area contributed by atoms with Crippen LogP contribution in [-0.2, 0) is 6.61 Å². The number of carbonyl (C=O) groups is 1. The smallest absolute Gasteiger partial charge is 0.254 e. The average Bonchev–Trinajstić information content (AvgIpc) is 3.32. The van der Waals surface area contributed by atoms with Gasteiger partial charge in [0.2, 0.25) is 0 Å². The Hall–Kier alpha value is -3.96. The zero-order valence-corrected chi connectivity index (χ0v) is 18.7. The van der Waals surface area contributed by atoms with Crippen molar-refractivity contribution in [2.45, 2.75) is 6.61 Å². The summed E-state index contributed by atoms with van der Waals surface area (Å²) < 4.78 is 5.87. The van der Waals surface area contributed by atoms with Gasteiger partial charge in [0, 0.05) is 43.5 Å². The maximum Gasteiger partial charge on any atom is 0.254 e. The largest absolute Gasteiger partial charge is 0.489 e. The van der Waals surface area contributed by atoms with Crippen molar-refractivity contribution in [1.82, 2.24) is 14.9 Å². The Balaban J connectivity index is 1.21. The molecule has 0 aliphatic carbocycles. The number of hydrogen-bond acceptors (Lipinski definition) is 7. The van der Waals surface area contributed by atoms with Gasteiger partial charge in [0.05, 0.1) is 11.6 Å². The van der Waals surface area contributed by atoms with Crippen molar-refractivity contribution in [1.29, 1.82) is 5.26 Å². The normalized spacial score (nSPS) is 13.7.